The van der Waals surface area contributed by atoms with E-state index in [1.165, 1.54) is 4.57 Å². The lowest BCUT2D eigenvalue weighted by Crippen LogP contribution is -2.38. The van der Waals surface area contributed by atoms with Gasteiger partial charge in [0.25, 0.3) is 5.56 Å². The second-order valence-corrected chi connectivity index (χ2v) is 5.51. The molecule has 126 valence electrons. The molecular formula is C14H23Cl2N3O3. The zero-order chi connectivity index (χ0) is 14.9. The Labute approximate surface area is 142 Å². The van der Waals surface area contributed by atoms with Crippen LogP contribution in [0.15, 0.2) is 11.0 Å². The summed E-state index contributed by atoms with van der Waals surface area (Å²) < 4.78 is 1.53. The van der Waals surface area contributed by atoms with Crippen LogP contribution in [0, 0.1) is 0 Å². The van der Waals surface area contributed by atoms with Gasteiger partial charge >= 0.3 is 5.97 Å². The van der Waals surface area contributed by atoms with E-state index in [1.807, 2.05) is 25.9 Å². The molecule has 1 aliphatic rings. The number of carbonyl (C=O) groups is 1. The molecule has 2 heterocycles. The largest absolute Gasteiger partial charge is 0.477 e. The van der Waals surface area contributed by atoms with E-state index >= 15 is 0 Å². The van der Waals surface area contributed by atoms with E-state index in [-0.39, 0.29) is 36.4 Å². The molecule has 0 spiro atoms. The number of hydrogen-bond acceptors (Lipinski definition) is 4. The first kappa shape index (κ1) is 20.9. The lowest BCUT2D eigenvalue weighted by molar-refractivity contribution is 0.0692. The molecule has 22 heavy (non-hydrogen) atoms. The summed E-state index contributed by atoms with van der Waals surface area (Å²) in [5.74, 6) is -1.12. The predicted molar refractivity (Wildman–Crippen MR) is 90.7 cm³/mol. The van der Waals surface area contributed by atoms with Crippen molar-refractivity contribution in [2.75, 3.05) is 20.6 Å². The molecule has 0 saturated carbocycles. The lowest BCUT2D eigenvalue weighted by Gasteiger charge is -2.24. The third-order valence-electron chi connectivity index (χ3n) is 3.90. The molecule has 0 amide bonds. The average Bonchev–Trinajstić information content (AvgIpc) is 2.38. The second-order valence-electron chi connectivity index (χ2n) is 5.51. The van der Waals surface area contributed by atoms with E-state index in [9.17, 15) is 14.7 Å². The number of carboxylic acids is 1. The molecule has 1 aromatic heterocycles. The molecule has 1 atom stereocenters. The number of nitrogens with zero attached hydrogens (tertiary/aromatic N) is 2. The van der Waals surface area contributed by atoms with Crippen molar-refractivity contribution >= 4 is 30.8 Å². The first-order valence-electron chi connectivity index (χ1n) is 6.77. The van der Waals surface area contributed by atoms with Gasteiger partial charge in [0.15, 0.2) is 0 Å². The van der Waals surface area contributed by atoms with Crippen molar-refractivity contribution < 1.29 is 9.90 Å². The second kappa shape index (κ2) is 8.53. The standard InChI is InChI=1S/C14H21N3O3.2ClH/c1-9(16(2)3)7-17-8-10-6-15-5-4-11(10)12(13(17)18)14(19)20;;/h8-9,15H,4-7H2,1-3H3,(H,19,20);2*1H. The Hall–Kier alpha value is -1.08. The van der Waals surface area contributed by atoms with Crippen LogP contribution in [0.25, 0.3) is 0 Å². The molecule has 0 aromatic carbocycles. The van der Waals surface area contributed by atoms with Gasteiger partial charge < -0.3 is 19.9 Å². The number of likely N-dealkylation sites (N-methyl/N-ethyl adjacent to an activating group) is 1. The molecule has 0 fully saturated rings. The Bertz CT molecular complexity index is 587. The number of aromatic nitrogens is 1. The third kappa shape index (κ3) is 4.23. The van der Waals surface area contributed by atoms with Crippen LogP contribution in [0.2, 0.25) is 0 Å². The van der Waals surface area contributed by atoms with Crippen LogP contribution >= 0.6 is 24.8 Å². The summed E-state index contributed by atoms with van der Waals surface area (Å²) in [5, 5.41) is 12.6. The predicted octanol–water partition coefficient (Wildman–Crippen LogP) is 0.986. The average molecular weight is 352 g/mol. The quantitative estimate of drug-likeness (QED) is 0.845. The summed E-state index contributed by atoms with van der Waals surface area (Å²) >= 11 is 0. The van der Waals surface area contributed by atoms with E-state index in [1.54, 1.807) is 6.20 Å². The summed E-state index contributed by atoms with van der Waals surface area (Å²) in [4.78, 5) is 25.8. The minimum Gasteiger partial charge on any atom is -0.477 e. The van der Waals surface area contributed by atoms with Crippen LogP contribution in [0.1, 0.15) is 28.4 Å². The first-order valence-corrected chi connectivity index (χ1v) is 6.77. The van der Waals surface area contributed by atoms with Crippen molar-refractivity contribution in [1.82, 2.24) is 14.8 Å². The smallest absolute Gasteiger partial charge is 0.341 e. The molecule has 1 aliphatic heterocycles. The number of carboxylic acid groups (broad SMARTS) is 1. The van der Waals surface area contributed by atoms with Gasteiger partial charge in [-0.3, -0.25) is 4.79 Å². The molecule has 1 aromatic rings. The third-order valence-corrected chi connectivity index (χ3v) is 3.90. The topological polar surface area (TPSA) is 74.6 Å². The van der Waals surface area contributed by atoms with E-state index in [0.29, 0.717) is 31.6 Å². The van der Waals surface area contributed by atoms with Gasteiger partial charge in [0.1, 0.15) is 5.56 Å². The number of aromatic carboxylic acids is 1. The van der Waals surface area contributed by atoms with Gasteiger partial charge in [-0.1, -0.05) is 0 Å². The van der Waals surface area contributed by atoms with Crippen LogP contribution < -0.4 is 10.9 Å². The molecular weight excluding hydrogens is 329 g/mol. The number of fused-ring (bicyclic) bond motifs is 1. The van der Waals surface area contributed by atoms with Gasteiger partial charge in [0.05, 0.1) is 0 Å². The molecule has 6 nitrogen and oxygen atoms in total. The van der Waals surface area contributed by atoms with Crippen molar-refractivity contribution in [2.24, 2.45) is 0 Å². The maximum Gasteiger partial charge on any atom is 0.341 e. The molecule has 2 rings (SSSR count). The normalized spacial score (nSPS) is 14.5. The minimum atomic E-state index is -1.12. The van der Waals surface area contributed by atoms with Crippen LogP contribution in [-0.4, -0.2) is 47.2 Å². The monoisotopic (exact) mass is 351 g/mol. The Balaban J connectivity index is 0.00000220. The van der Waals surface area contributed by atoms with Gasteiger partial charge in [-0.05, 0) is 45.1 Å². The molecule has 8 heteroatoms. The number of halogens is 2. The molecule has 0 radical (unpaired) electrons. The van der Waals surface area contributed by atoms with Gasteiger partial charge in [-0.2, -0.15) is 0 Å². The maximum atomic E-state index is 12.4. The Kier molecular flexibility index (Phi) is 8.11. The van der Waals surface area contributed by atoms with Crippen molar-refractivity contribution in [3.63, 3.8) is 0 Å². The number of rotatable bonds is 4. The van der Waals surface area contributed by atoms with Crippen molar-refractivity contribution in [2.45, 2.75) is 32.5 Å². The summed E-state index contributed by atoms with van der Waals surface area (Å²) in [7, 11) is 3.88. The van der Waals surface area contributed by atoms with Crippen molar-refractivity contribution in [3.05, 3.63) is 33.2 Å². The number of nitrogens with one attached hydrogen (secondary N) is 1. The molecule has 0 saturated heterocycles. The Morgan fingerprint density at radius 1 is 1.45 bits per heavy atom. The fourth-order valence-electron chi connectivity index (χ4n) is 2.44. The molecule has 1 unspecified atom stereocenters. The molecule has 0 bridgehead atoms. The lowest BCUT2D eigenvalue weighted by atomic mass is 9.97. The van der Waals surface area contributed by atoms with E-state index in [0.717, 1.165) is 5.56 Å². The van der Waals surface area contributed by atoms with E-state index in [2.05, 4.69) is 5.32 Å². The van der Waals surface area contributed by atoms with E-state index in [4.69, 9.17) is 0 Å². The van der Waals surface area contributed by atoms with Crippen molar-refractivity contribution in [1.29, 1.82) is 0 Å². The van der Waals surface area contributed by atoms with Crippen LogP contribution in [0.5, 0.6) is 0 Å². The zero-order valence-corrected chi connectivity index (χ0v) is 14.6. The summed E-state index contributed by atoms with van der Waals surface area (Å²) in [6, 6.07) is 0.156. The zero-order valence-electron chi connectivity index (χ0n) is 13.0. The Morgan fingerprint density at radius 3 is 2.64 bits per heavy atom. The van der Waals surface area contributed by atoms with Crippen LogP contribution in [0.4, 0.5) is 0 Å². The first-order chi connectivity index (χ1) is 9.41. The SMILES string of the molecule is CC(Cn1cc2c(c(C(=O)O)c1=O)CCNC2)N(C)C.Cl.Cl. The highest BCUT2D eigenvalue weighted by Crippen LogP contribution is 2.16. The van der Waals surface area contributed by atoms with Gasteiger partial charge in [0.2, 0.25) is 0 Å². The summed E-state index contributed by atoms with van der Waals surface area (Å²) in [5.41, 5.74) is 1.15. The highest BCUT2D eigenvalue weighted by Gasteiger charge is 2.23. The van der Waals surface area contributed by atoms with Crippen LogP contribution in [0.3, 0.4) is 0 Å². The van der Waals surface area contributed by atoms with Gasteiger partial charge in [0, 0.05) is 25.3 Å². The minimum absolute atomic E-state index is 0. The van der Waals surface area contributed by atoms with Crippen molar-refractivity contribution in [3.8, 4) is 0 Å². The van der Waals surface area contributed by atoms with Gasteiger partial charge in [-0.15, -0.1) is 24.8 Å². The van der Waals surface area contributed by atoms with Gasteiger partial charge in [-0.25, -0.2) is 4.79 Å². The maximum absolute atomic E-state index is 12.4. The highest BCUT2D eigenvalue weighted by molar-refractivity contribution is 5.89. The highest BCUT2D eigenvalue weighted by atomic mass is 35.5. The van der Waals surface area contributed by atoms with Crippen LogP contribution in [-0.2, 0) is 19.5 Å². The number of hydrogen-bond donors (Lipinski definition) is 2. The fourth-order valence-corrected chi connectivity index (χ4v) is 2.44. The fraction of sp³-hybridized carbons (Fsp3) is 0.571. The summed E-state index contributed by atoms with van der Waals surface area (Å²) in [6.45, 7) is 3.82. The Morgan fingerprint density at radius 2 is 2.09 bits per heavy atom. The number of pyridine rings is 1. The van der Waals surface area contributed by atoms with E-state index < -0.39 is 11.5 Å². The molecule has 2 N–H and O–H groups in total. The summed E-state index contributed by atoms with van der Waals surface area (Å²) in [6.07, 6.45) is 2.40. The molecule has 0 aliphatic carbocycles.